The molecule has 0 aromatic heterocycles. The van der Waals surface area contributed by atoms with Crippen molar-refractivity contribution in [2.75, 3.05) is 13.1 Å². The van der Waals surface area contributed by atoms with E-state index in [4.69, 9.17) is 0 Å². The predicted molar refractivity (Wildman–Crippen MR) is 62.2 cm³/mol. The van der Waals surface area contributed by atoms with Crippen molar-refractivity contribution in [3.8, 4) is 0 Å². The van der Waals surface area contributed by atoms with Crippen LogP contribution in [0.4, 0.5) is 0 Å². The summed E-state index contributed by atoms with van der Waals surface area (Å²) in [5.74, 6) is 0.0280. The molecule has 1 aliphatic rings. The van der Waals surface area contributed by atoms with Crippen molar-refractivity contribution in [3.63, 3.8) is 0 Å². The van der Waals surface area contributed by atoms with Crippen LogP contribution >= 0.6 is 12.4 Å². The van der Waals surface area contributed by atoms with Crippen molar-refractivity contribution in [1.82, 2.24) is 10.6 Å². The molecule has 1 atom stereocenters. The van der Waals surface area contributed by atoms with Gasteiger partial charge in [0.25, 0.3) is 0 Å². The van der Waals surface area contributed by atoms with Crippen molar-refractivity contribution < 1.29 is 9.90 Å². The molecule has 1 unspecified atom stereocenters. The summed E-state index contributed by atoms with van der Waals surface area (Å²) in [6.45, 7) is 2.91. The summed E-state index contributed by atoms with van der Waals surface area (Å²) < 4.78 is 0. The topological polar surface area (TPSA) is 61.4 Å². The number of hydrogen-bond acceptors (Lipinski definition) is 3. The molecule has 1 saturated carbocycles. The molecule has 15 heavy (non-hydrogen) atoms. The summed E-state index contributed by atoms with van der Waals surface area (Å²) in [6, 6.07) is 0.571. The zero-order chi connectivity index (χ0) is 10.4. The summed E-state index contributed by atoms with van der Waals surface area (Å²) in [4.78, 5) is 11.2. The van der Waals surface area contributed by atoms with Crippen LogP contribution in [0.3, 0.4) is 0 Å². The maximum absolute atomic E-state index is 11.2. The molecule has 0 radical (unpaired) electrons. The van der Waals surface area contributed by atoms with Gasteiger partial charge in [-0.05, 0) is 25.7 Å². The Kier molecular flexibility index (Phi) is 7.74. The second-order valence-corrected chi connectivity index (χ2v) is 3.86. The Labute approximate surface area is 97.2 Å². The number of aliphatic hydroxyl groups is 1. The third kappa shape index (κ3) is 7.59. The Morgan fingerprint density at radius 1 is 1.53 bits per heavy atom. The molecule has 0 aliphatic heterocycles. The van der Waals surface area contributed by atoms with Gasteiger partial charge in [-0.25, -0.2) is 0 Å². The second-order valence-electron chi connectivity index (χ2n) is 3.86. The lowest BCUT2D eigenvalue weighted by molar-refractivity contribution is -0.120. The Morgan fingerprint density at radius 3 is 2.73 bits per heavy atom. The third-order valence-electron chi connectivity index (χ3n) is 2.40. The van der Waals surface area contributed by atoms with Gasteiger partial charge in [0.1, 0.15) is 0 Å². The van der Waals surface area contributed by atoms with E-state index in [1.165, 1.54) is 12.8 Å². The fraction of sp³-hybridized carbons (Fsp3) is 0.900. The minimum absolute atomic E-state index is 0. The normalized spacial score (nSPS) is 16.7. The molecule has 3 N–H and O–H groups in total. The predicted octanol–water partition coefficient (Wildman–Crippen LogP) is 0.437. The van der Waals surface area contributed by atoms with Crippen LogP contribution in [0.5, 0.6) is 0 Å². The monoisotopic (exact) mass is 236 g/mol. The smallest absolute Gasteiger partial charge is 0.233 e. The van der Waals surface area contributed by atoms with Crippen LogP contribution in [0.15, 0.2) is 0 Å². The number of amides is 1. The molecule has 0 bridgehead atoms. The summed E-state index contributed by atoms with van der Waals surface area (Å²) in [5.41, 5.74) is 0. The van der Waals surface area contributed by atoms with Gasteiger partial charge >= 0.3 is 0 Å². The molecule has 0 spiro atoms. The molecule has 0 aromatic rings. The number of hydrogen-bond donors (Lipinski definition) is 3. The van der Waals surface area contributed by atoms with E-state index in [-0.39, 0.29) is 24.4 Å². The summed E-state index contributed by atoms with van der Waals surface area (Å²) in [6.07, 6.45) is 3.50. The van der Waals surface area contributed by atoms with Gasteiger partial charge in [-0.3, -0.25) is 4.79 Å². The van der Waals surface area contributed by atoms with Gasteiger partial charge in [-0.2, -0.15) is 0 Å². The number of carbonyl (C=O) groups is 1. The van der Waals surface area contributed by atoms with Crippen LogP contribution in [-0.4, -0.2) is 36.2 Å². The standard InChI is InChI=1S/C10H20N2O2.ClH/c1-2-9(13)5-6-11-10(14)7-12-8-3-4-8;/h8-9,12-13H,2-7H2,1H3,(H,11,14);1H. The highest BCUT2D eigenvalue weighted by Gasteiger charge is 2.20. The molecule has 1 amide bonds. The fourth-order valence-corrected chi connectivity index (χ4v) is 1.17. The van der Waals surface area contributed by atoms with Crippen LogP contribution in [0.1, 0.15) is 32.6 Å². The van der Waals surface area contributed by atoms with Crippen molar-refractivity contribution in [1.29, 1.82) is 0 Å². The van der Waals surface area contributed by atoms with E-state index < -0.39 is 0 Å². The fourth-order valence-electron chi connectivity index (χ4n) is 1.17. The molecular formula is C10H21ClN2O2. The van der Waals surface area contributed by atoms with Crippen LogP contribution in [-0.2, 0) is 4.79 Å². The lowest BCUT2D eigenvalue weighted by Crippen LogP contribution is -2.36. The SMILES string of the molecule is CCC(O)CCNC(=O)CNC1CC1.Cl. The van der Waals surface area contributed by atoms with Crippen molar-refractivity contribution in [3.05, 3.63) is 0 Å². The maximum Gasteiger partial charge on any atom is 0.233 e. The molecule has 0 saturated heterocycles. The first-order valence-corrected chi connectivity index (χ1v) is 5.40. The van der Waals surface area contributed by atoms with Crippen molar-refractivity contribution in [2.24, 2.45) is 0 Å². The minimum Gasteiger partial charge on any atom is -0.393 e. The quantitative estimate of drug-likeness (QED) is 0.601. The summed E-state index contributed by atoms with van der Waals surface area (Å²) in [5, 5.41) is 15.1. The average molecular weight is 237 g/mol. The molecule has 0 aromatic carbocycles. The zero-order valence-corrected chi connectivity index (χ0v) is 9.98. The first kappa shape index (κ1) is 14.7. The van der Waals surface area contributed by atoms with E-state index in [2.05, 4.69) is 10.6 Å². The average Bonchev–Trinajstić information content (AvgIpc) is 2.98. The van der Waals surface area contributed by atoms with E-state index in [0.717, 1.165) is 6.42 Å². The Hall–Kier alpha value is -0.320. The molecule has 90 valence electrons. The number of aliphatic hydroxyl groups excluding tert-OH is 1. The van der Waals surface area contributed by atoms with E-state index in [9.17, 15) is 9.90 Å². The number of nitrogens with one attached hydrogen (secondary N) is 2. The third-order valence-corrected chi connectivity index (χ3v) is 2.40. The van der Waals surface area contributed by atoms with Crippen LogP contribution in [0.25, 0.3) is 0 Å². The molecule has 4 nitrogen and oxygen atoms in total. The number of rotatable bonds is 7. The Balaban J connectivity index is 0.00000196. The van der Waals surface area contributed by atoms with Gasteiger partial charge in [0.2, 0.25) is 5.91 Å². The Bertz CT molecular complexity index is 186. The highest BCUT2D eigenvalue weighted by molar-refractivity contribution is 5.85. The van der Waals surface area contributed by atoms with Crippen LogP contribution < -0.4 is 10.6 Å². The first-order chi connectivity index (χ1) is 6.72. The highest BCUT2D eigenvalue weighted by Crippen LogP contribution is 2.17. The number of carbonyl (C=O) groups excluding carboxylic acids is 1. The largest absolute Gasteiger partial charge is 0.393 e. The molecular weight excluding hydrogens is 216 g/mol. The minimum atomic E-state index is -0.285. The van der Waals surface area contributed by atoms with Crippen molar-refractivity contribution in [2.45, 2.75) is 44.8 Å². The van der Waals surface area contributed by atoms with E-state index in [1.54, 1.807) is 0 Å². The van der Waals surface area contributed by atoms with Gasteiger partial charge in [0.05, 0.1) is 12.6 Å². The summed E-state index contributed by atoms with van der Waals surface area (Å²) >= 11 is 0. The Morgan fingerprint density at radius 2 is 2.20 bits per heavy atom. The molecule has 0 heterocycles. The lowest BCUT2D eigenvalue weighted by Gasteiger charge is -2.08. The van der Waals surface area contributed by atoms with E-state index in [1.807, 2.05) is 6.92 Å². The molecule has 1 fully saturated rings. The van der Waals surface area contributed by atoms with Gasteiger partial charge in [-0.1, -0.05) is 6.92 Å². The number of halogens is 1. The first-order valence-electron chi connectivity index (χ1n) is 5.40. The van der Waals surface area contributed by atoms with Crippen LogP contribution in [0, 0.1) is 0 Å². The van der Waals surface area contributed by atoms with Crippen molar-refractivity contribution >= 4 is 18.3 Å². The van der Waals surface area contributed by atoms with Crippen LogP contribution in [0.2, 0.25) is 0 Å². The van der Waals surface area contributed by atoms with Gasteiger partial charge in [0, 0.05) is 12.6 Å². The lowest BCUT2D eigenvalue weighted by atomic mass is 10.2. The van der Waals surface area contributed by atoms with E-state index >= 15 is 0 Å². The zero-order valence-electron chi connectivity index (χ0n) is 9.16. The maximum atomic E-state index is 11.2. The molecule has 1 rings (SSSR count). The summed E-state index contributed by atoms with van der Waals surface area (Å²) in [7, 11) is 0. The van der Waals surface area contributed by atoms with Gasteiger partial charge < -0.3 is 15.7 Å². The molecule has 1 aliphatic carbocycles. The van der Waals surface area contributed by atoms with Gasteiger partial charge in [-0.15, -0.1) is 12.4 Å². The highest BCUT2D eigenvalue weighted by atomic mass is 35.5. The van der Waals surface area contributed by atoms with E-state index in [0.29, 0.717) is 25.6 Å². The second kappa shape index (κ2) is 7.91. The van der Waals surface area contributed by atoms with Gasteiger partial charge in [0.15, 0.2) is 0 Å². The molecule has 5 heteroatoms.